The van der Waals surface area contributed by atoms with Gasteiger partial charge in [0.2, 0.25) is 5.91 Å². The summed E-state index contributed by atoms with van der Waals surface area (Å²) < 4.78 is 0. The number of nitrogens with zero attached hydrogens (tertiary/aromatic N) is 2. The minimum Gasteiger partial charge on any atom is -0.342 e. The molecule has 1 aliphatic heterocycles. The molecular weight excluding hydrogens is 348 g/mol. The van der Waals surface area contributed by atoms with Gasteiger partial charge in [-0.05, 0) is 36.1 Å². The van der Waals surface area contributed by atoms with Crippen molar-refractivity contribution in [1.82, 2.24) is 20.2 Å². The van der Waals surface area contributed by atoms with Crippen molar-refractivity contribution in [1.29, 1.82) is 0 Å². The maximum Gasteiger partial charge on any atom is 0.223 e. The van der Waals surface area contributed by atoms with E-state index in [1.165, 1.54) is 11.1 Å². The lowest BCUT2D eigenvalue weighted by molar-refractivity contribution is -0.132. The number of rotatable bonds is 5. The van der Waals surface area contributed by atoms with Crippen molar-refractivity contribution >= 4 is 16.9 Å². The highest BCUT2D eigenvalue weighted by Crippen LogP contribution is 2.20. The summed E-state index contributed by atoms with van der Waals surface area (Å²) in [6.45, 7) is 6.55. The highest BCUT2D eigenvalue weighted by Gasteiger charge is 2.24. The standard InChI is InChI=1S/C23H28N4O/c1-3-17-7-9-18(10-8-17)20-15-27(14-13-24-20)22(28)12-11-21-25-19-6-4-5-16(2)23(19)26-21/h4-10,20,24H,3,11-15H2,1-2H3,(H,25,26). The van der Waals surface area contributed by atoms with Crippen LogP contribution in [0, 0.1) is 6.92 Å². The Kier molecular flexibility index (Phi) is 5.44. The smallest absolute Gasteiger partial charge is 0.223 e. The molecule has 0 spiro atoms. The molecular formula is C23H28N4O. The molecule has 4 rings (SSSR count). The van der Waals surface area contributed by atoms with Crippen molar-refractivity contribution in [2.45, 2.75) is 39.2 Å². The van der Waals surface area contributed by atoms with E-state index in [2.05, 4.69) is 59.5 Å². The largest absolute Gasteiger partial charge is 0.342 e. The zero-order valence-electron chi connectivity index (χ0n) is 16.7. The lowest BCUT2D eigenvalue weighted by Crippen LogP contribution is -2.48. The Labute approximate surface area is 166 Å². The lowest BCUT2D eigenvalue weighted by Gasteiger charge is -2.34. The molecule has 1 unspecified atom stereocenters. The number of aryl methyl sites for hydroxylation is 3. The summed E-state index contributed by atoms with van der Waals surface area (Å²) in [7, 11) is 0. The Bertz CT molecular complexity index is 960. The van der Waals surface area contributed by atoms with Gasteiger partial charge in [0, 0.05) is 38.5 Å². The van der Waals surface area contributed by atoms with E-state index in [1.54, 1.807) is 0 Å². The van der Waals surface area contributed by atoms with Gasteiger partial charge >= 0.3 is 0 Å². The number of fused-ring (bicyclic) bond motifs is 1. The summed E-state index contributed by atoms with van der Waals surface area (Å²) >= 11 is 0. The van der Waals surface area contributed by atoms with Crippen LogP contribution >= 0.6 is 0 Å². The molecule has 1 aromatic heterocycles. The predicted octanol–water partition coefficient (Wildman–Crippen LogP) is 3.54. The van der Waals surface area contributed by atoms with E-state index in [4.69, 9.17) is 0 Å². The Morgan fingerprint density at radius 3 is 2.79 bits per heavy atom. The second-order valence-electron chi connectivity index (χ2n) is 7.60. The second kappa shape index (κ2) is 8.15. The van der Waals surface area contributed by atoms with Crippen LogP contribution in [0.25, 0.3) is 11.0 Å². The van der Waals surface area contributed by atoms with Crippen LogP contribution in [-0.4, -0.2) is 40.4 Å². The number of para-hydroxylation sites is 1. The molecule has 1 aliphatic rings. The van der Waals surface area contributed by atoms with Gasteiger partial charge in [0.05, 0.1) is 11.0 Å². The fourth-order valence-corrected chi connectivity index (χ4v) is 3.91. The third-order valence-corrected chi connectivity index (χ3v) is 5.66. The van der Waals surface area contributed by atoms with E-state index in [0.717, 1.165) is 48.5 Å². The number of carbonyl (C=O) groups excluding carboxylic acids is 1. The quantitative estimate of drug-likeness (QED) is 0.716. The molecule has 2 aromatic carbocycles. The maximum absolute atomic E-state index is 12.8. The number of benzene rings is 2. The number of amides is 1. The molecule has 0 saturated carbocycles. The van der Waals surface area contributed by atoms with Crippen molar-refractivity contribution in [3.05, 3.63) is 65.0 Å². The maximum atomic E-state index is 12.8. The van der Waals surface area contributed by atoms with E-state index < -0.39 is 0 Å². The van der Waals surface area contributed by atoms with Gasteiger partial charge in [0.15, 0.2) is 0 Å². The molecule has 0 radical (unpaired) electrons. The topological polar surface area (TPSA) is 61.0 Å². The van der Waals surface area contributed by atoms with Crippen molar-refractivity contribution in [3.8, 4) is 0 Å². The van der Waals surface area contributed by atoms with E-state index in [1.807, 2.05) is 17.0 Å². The monoisotopic (exact) mass is 376 g/mol. The number of H-pyrrole nitrogens is 1. The Morgan fingerprint density at radius 1 is 1.21 bits per heavy atom. The molecule has 0 bridgehead atoms. The summed E-state index contributed by atoms with van der Waals surface area (Å²) in [4.78, 5) is 22.8. The van der Waals surface area contributed by atoms with Gasteiger partial charge in [-0.3, -0.25) is 4.79 Å². The molecule has 0 aliphatic carbocycles. The van der Waals surface area contributed by atoms with Crippen LogP contribution in [0.1, 0.15) is 41.9 Å². The van der Waals surface area contributed by atoms with E-state index >= 15 is 0 Å². The number of nitrogens with one attached hydrogen (secondary N) is 2. The molecule has 1 amide bonds. The van der Waals surface area contributed by atoms with Crippen LogP contribution in [0.15, 0.2) is 42.5 Å². The van der Waals surface area contributed by atoms with Gasteiger partial charge in [-0.1, -0.05) is 43.3 Å². The molecule has 5 nitrogen and oxygen atoms in total. The number of carbonyl (C=O) groups is 1. The van der Waals surface area contributed by atoms with Crippen LogP contribution < -0.4 is 5.32 Å². The first-order valence-corrected chi connectivity index (χ1v) is 10.2. The summed E-state index contributed by atoms with van der Waals surface area (Å²) in [5.41, 5.74) is 5.80. The molecule has 2 heterocycles. The predicted molar refractivity (Wildman–Crippen MR) is 112 cm³/mol. The number of aromatic amines is 1. The number of hydrogen-bond donors (Lipinski definition) is 2. The van der Waals surface area contributed by atoms with Gasteiger partial charge in [-0.2, -0.15) is 0 Å². The Hall–Kier alpha value is -2.66. The van der Waals surface area contributed by atoms with Crippen LogP contribution in [0.4, 0.5) is 0 Å². The zero-order valence-corrected chi connectivity index (χ0v) is 16.7. The zero-order chi connectivity index (χ0) is 19.5. The number of imidazole rings is 1. The van der Waals surface area contributed by atoms with Crippen LogP contribution in [0.3, 0.4) is 0 Å². The summed E-state index contributed by atoms with van der Waals surface area (Å²) in [5, 5.41) is 3.54. The SMILES string of the molecule is CCc1ccc(C2CN(C(=O)CCc3nc4c(C)cccc4[nH]3)CCN2)cc1. The third kappa shape index (κ3) is 3.94. The van der Waals surface area contributed by atoms with Crippen molar-refractivity contribution in [2.75, 3.05) is 19.6 Å². The third-order valence-electron chi connectivity index (χ3n) is 5.66. The molecule has 146 valence electrons. The Balaban J connectivity index is 1.37. The average Bonchev–Trinajstić information content (AvgIpc) is 3.17. The summed E-state index contributed by atoms with van der Waals surface area (Å²) in [5.74, 6) is 1.09. The van der Waals surface area contributed by atoms with Gasteiger partial charge in [-0.15, -0.1) is 0 Å². The van der Waals surface area contributed by atoms with E-state index in [9.17, 15) is 4.79 Å². The van der Waals surface area contributed by atoms with Crippen molar-refractivity contribution < 1.29 is 4.79 Å². The number of aromatic nitrogens is 2. The highest BCUT2D eigenvalue weighted by atomic mass is 16.2. The first-order chi connectivity index (χ1) is 13.6. The number of hydrogen-bond acceptors (Lipinski definition) is 3. The van der Waals surface area contributed by atoms with Crippen molar-refractivity contribution in [2.24, 2.45) is 0 Å². The Morgan fingerprint density at radius 2 is 2.04 bits per heavy atom. The minimum atomic E-state index is 0.203. The molecule has 3 aromatic rings. The molecule has 1 fully saturated rings. The first kappa shape index (κ1) is 18.7. The van der Waals surface area contributed by atoms with Gasteiger partial charge < -0.3 is 15.2 Å². The summed E-state index contributed by atoms with van der Waals surface area (Å²) in [6.07, 6.45) is 2.18. The van der Waals surface area contributed by atoms with Gasteiger partial charge in [0.1, 0.15) is 5.82 Å². The van der Waals surface area contributed by atoms with E-state index in [-0.39, 0.29) is 11.9 Å². The second-order valence-corrected chi connectivity index (χ2v) is 7.60. The number of piperazine rings is 1. The molecule has 5 heteroatoms. The molecule has 1 saturated heterocycles. The van der Waals surface area contributed by atoms with E-state index in [0.29, 0.717) is 12.8 Å². The minimum absolute atomic E-state index is 0.203. The molecule has 1 atom stereocenters. The fraction of sp³-hybridized carbons (Fsp3) is 0.391. The van der Waals surface area contributed by atoms with Crippen LogP contribution in [-0.2, 0) is 17.6 Å². The average molecular weight is 377 g/mol. The van der Waals surface area contributed by atoms with Crippen LogP contribution in [0.5, 0.6) is 0 Å². The van der Waals surface area contributed by atoms with Crippen molar-refractivity contribution in [3.63, 3.8) is 0 Å². The lowest BCUT2D eigenvalue weighted by atomic mass is 10.0. The fourth-order valence-electron chi connectivity index (χ4n) is 3.91. The molecule has 2 N–H and O–H groups in total. The normalized spacial score (nSPS) is 17.2. The van der Waals surface area contributed by atoms with Crippen LogP contribution in [0.2, 0.25) is 0 Å². The molecule has 28 heavy (non-hydrogen) atoms. The summed E-state index contributed by atoms with van der Waals surface area (Å²) in [6, 6.07) is 15.1. The highest BCUT2D eigenvalue weighted by molar-refractivity contribution is 5.79. The first-order valence-electron chi connectivity index (χ1n) is 10.2. The van der Waals surface area contributed by atoms with Gasteiger partial charge in [0.25, 0.3) is 0 Å². The van der Waals surface area contributed by atoms with Gasteiger partial charge in [-0.25, -0.2) is 4.98 Å².